The van der Waals surface area contributed by atoms with Gasteiger partial charge >= 0.3 is 0 Å². The molecule has 3 heteroatoms. The van der Waals surface area contributed by atoms with E-state index in [-0.39, 0.29) is 24.4 Å². The molecule has 3 nitrogen and oxygen atoms in total. The van der Waals surface area contributed by atoms with Crippen molar-refractivity contribution in [3.63, 3.8) is 0 Å². The molecule has 0 radical (unpaired) electrons. The van der Waals surface area contributed by atoms with Crippen molar-refractivity contribution in [1.29, 1.82) is 0 Å². The number of hydrogen-bond acceptors (Lipinski definition) is 3. The first kappa shape index (κ1) is 6.58. The standard InChI is InChI=1S/C7H12O3/c1-4-2-5-6(8)3-9-7(5)10-4/h4-8H,2-3H2,1H3/t4-,5-,6-,7-/m0/s1. The van der Waals surface area contributed by atoms with Crippen molar-refractivity contribution in [2.75, 3.05) is 6.61 Å². The Morgan fingerprint density at radius 3 is 3.00 bits per heavy atom. The molecule has 0 saturated carbocycles. The van der Waals surface area contributed by atoms with Crippen LogP contribution < -0.4 is 0 Å². The number of hydrogen-bond donors (Lipinski definition) is 1. The number of ether oxygens (including phenoxy) is 2. The zero-order valence-corrected chi connectivity index (χ0v) is 5.99. The SMILES string of the molecule is C[C@H]1C[C@@H]2[C@@H](OC[C@@H]2O)O1. The van der Waals surface area contributed by atoms with Crippen molar-refractivity contribution in [2.45, 2.75) is 31.8 Å². The Labute approximate surface area is 59.9 Å². The van der Waals surface area contributed by atoms with Crippen molar-refractivity contribution >= 4 is 0 Å². The van der Waals surface area contributed by atoms with E-state index in [1.54, 1.807) is 0 Å². The first-order chi connectivity index (χ1) is 4.77. The molecule has 0 bridgehead atoms. The second kappa shape index (κ2) is 2.19. The maximum Gasteiger partial charge on any atom is 0.163 e. The highest BCUT2D eigenvalue weighted by Gasteiger charge is 2.43. The first-order valence-corrected chi connectivity index (χ1v) is 3.72. The average Bonchev–Trinajstić information content (AvgIpc) is 2.35. The largest absolute Gasteiger partial charge is 0.390 e. The van der Waals surface area contributed by atoms with Gasteiger partial charge in [-0.25, -0.2) is 0 Å². The zero-order chi connectivity index (χ0) is 7.14. The minimum absolute atomic E-state index is 0.120. The summed E-state index contributed by atoms with van der Waals surface area (Å²) in [5.74, 6) is 0.231. The van der Waals surface area contributed by atoms with Crippen LogP contribution in [0.5, 0.6) is 0 Å². The fraction of sp³-hybridized carbons (Fsp3) is 1.00. The van der Waals surface area contributed by atoms with Crippen LogP contribution in [0, 0.1) is 5.92 Å². The van der Waals surface area contributed by atoms with Gasteiger partial charge < -0.3 is 14.6 Å². The van der Waals surface area contributed by atoms with Crippen molar-refractivity contribution < 1.29 is 14.6 Å². The minimum Gasteiger partial charge on any atom is -0.390 e. The summed E-state index contributed by atoms with van der Waals surface area (Å²) in [6, 6.07) is 0. The number of aliphatic hydroxyl groups is 1. The summed E-state index contributed by atoms with van der Waals surface area (Å²) in [5.41, 5.74) is 0. The third-order valence-electron chi connectivity index (χ3n) is 2.25. The summed E-state index contributed by atoms with van der Waals surface area (Å²) in [7, 11) is 0. The van der Waals surface area contributed by atoms with Gasteiger partial charge in [0.15, 0.2) is 6.29 Å². The molecule has 0 aromatic heterocycles. The van der Waals surface area contributed by atoms with Crippen LogP contribution in [0.1, 0.15) is 13.3 Å². The topological polar surface area (TPSA) is 38.7 Å². The lowest BCUT2D eigenvalue weighted by Crippen LogP contribution is -2.18. The normalized spacial score (nSPS) is 53.4. The van der Waals surface area contributed by atoms with Crippen LogP contribution in [-0.4, -0.2) is 30.2 Å². The van der Waals surface area contributed by atoms with Gasteiger partial charge in [0, 0.05) is 5.92 Å². The Kier molecular flexibility index (Phi) is 1.44. The highest BCUT2D eigenvalue weighted by Crippen LogP contribution is 2.34. The molecule has 0 aromatic rings. The molecular formula is C7H12O3. The van der Waals surface area contributed by atoms with Gasteiger partial charge in [0.25, 0.3) is 0 Å². The Morgan fingerprint density at radius 2 is 2.30 bits per heavy atom. The van der Waals surface area contributed by atoms with E-state index >= 15 is 0 Å². The Hall–Kier alpha value is -0.120. The highest BCUT2D eigenvalue weighted by atomic mass is 16.7. The quantitative estimate of drug-likeness (QED) is 0.525. The molecule has 2 heterocycles. The van der Waals surface area contributed by atoms with Gasteiger partial charge in [-0.15, -0.1) is 0 Å². The summed E-state index contributed by atoms with van der Waals surface area (Å²) in [4.78, 5) is 0. The Morgan fingerprint density at radius 1 is 1.50 bits per heavy atom. The van der Waals surface area contributed by atoms with Crippen LogP contribution in [0.4, 0.5) is 0 Å². The second-order valence-corrected chi connectivity index (χ2v) is 3.12. The maximum atomic E-state index is 9.31. The smallest absolute Gasteiger partial charge is 0.163 e. The second-order valence-electron chi connectivity index (χ2n) is 3.12. The van der Waals surface area contributed by atoms with E-state index in [2.05, 4.69) is 0 Å². The van der Waals surface area contributed by atoms with Crippen molar-refractivity contribution in [3.05, 3.63) is 0 Å². The van der Waals surface area contributed by atoms with Crippen LogP contribution >= 0.6 is 0 Å². The van der Waals surface area contributed by atoms with Crippen LogP contribution in [0.15, 0.2) is 0 Å². The average molecular weight is 144 g/mol. The lowest BCUT2D eigenvalue weighted by molar-refractivity contribution is -0.112. The molecule has 0 unspecified atom stereocenters. The molecule has 0 aliphatic carbocycles. The summed E-state index contributed by atoms with van der Waals surface area (Å²) < 4.78 is 10.6. The van der Waals surface area contributed by atoms with Crippen molar-refractivity contribution in [2.24, 2.45) is 5.92 Å². The molecule has 4 atom stereocenters. The predicted octanol–water partition coefficient (Wildman–Crippen LogP) is 0.129. The lowest BCUT2D eigenvalue weighted by Gasteiger charge is -2.06. The summed E-state index contributed by atoms with van der Waals surface area (Å²) in [6.07, 6.45) is 0.774. The molecular weight excluding hydrogens is 132 g/mol. The molecule has 1 N–H and O–H groups in total. The number of rotatable bonds is 0. The van der Waals surface area contributed by atoms with Crippen molar-refractivity contribution in [1.82, 2.24) is 0 Å². The maximum absolute atomic E-state index is 9.31. The molecule has 2 aliphatic heterocycles. The van der Waals surface area contributed by atoms with E-state index in [0.717, 1.165) is 6.42 Å². The molecule has 2 saturated heterocycles. The highest BCUT2D eigenvalue weighted by molar-refractivity contribution is 4.85. The fourth-order valence-electron chi connectivity index (χ4n) is 1.70. The van der Waals surface area contributed by atoms with Gasteiger partial charge in [-0.3, -0.25) is 0 Å². The van der Waals surface area contributed by atoms with Gasteiger partial charge in [0.1, 0.15) is 0 Å². The Bertz CT molecular complexity index is 137. The van der Waals surface area contributed by atoms with Gasteiger partial charge in [-0.2, -0.15) is 0 Å². The molecule has 0 spiro atoms. The molecule has 2 fully saturated rings. The van der Waals surface area contributed by atoms with Gasteiger partial charge in [0.2, 0.25) is 0 Å². The van der Waals surface area contributed by atoms with Gasteiger partial charge in [-0.1, -0.05) is 0 Å². The molecule has 2 aliphatic rings. The molecule has 10 heavy (non-hydrogen) atoms. The van der Waals surface area contributed by atoms with E-state index in [9.17, 15) is 5.11 Å². The number of fused-ring (bicyclic) bond motifs is 1. The first-order valence-electron chi connectivity index (χ1n) is 3.72. The molecule has 2 rings (SSSR count). The van der Waals surface area contributed by atoms with Crippen LogP contribution in [0.25, 0.3) is 0 Å². The number of aliphatic hydroxyl groups excluding tert-OH is 1. The zero-order valence-electron chi connectivity index (χ0n) is 5.99. The summed E-state index contributed by atoms with van der Waals surface area (Å²) in [5, 5.41) is 9.31. The summed E-state index contributed by atoms with van der Waals surface area (Å²) in [6.45, 7) is 2.45. The lowest BCUT2D eigenvalue weighted by atomic mass is 10.0. The predicted molar refractivity (Wildman–Crippen MR) is 34.4 cm³/mol. The van der Waals surface area contributed by atoms with Crippen LogP contribution in [0.3, 0.4) is 0 Å². The fourth-order valence-corrected chi connectivity index (χ4v) is 1.70. The third kappa shape index (κ3) is 0.856. The van der Waals surface area contributed by atoms with Crippen LogP contribution in [-0.2, 0) is 9.47 Å². The van der Waals surface area contributed by atoms with E-state index in [1.807, 2.05) is 6.92 Å². The Balaban J connectivity index is 2.05. The van der Waals surface area contributed by atoms with E-state index in [4.69, 9.17) is 9.47 Å². The van der Waals surface area contributed by atoms with Crippen LogP contribution in [0.2, 0.25) is 0 Å². The van der Waals surface area contributed by atoms with Crippen molar-refractivity contribution in [3.8, 4) is 0 Å². The molecule has 0 aromatic carbocycles. The van der Waals surface area contributed by atoms with E-state index in [0.29, 0.717) is 6.61 Å². The minimum atomic E-state index is -0.296. The summed E-state index contributed by atoms with van der Waals surface area (Å²) >= 11 is 0. The monoisotopic (exact) mass is 144 g/mol. The third-order valence-corrected chi connectivity index (χ3v) is 2.25. The van der Waals surface area contributed by atoms with Gasteiger partial charge in [-0.05, 0) is 13.3 Å². The van der Waals surface area contributed by atoms with Gasteiger partial charge in [0.05, 0.1) is 18.8 Å². The molecule has 58 valence electrons. The van der Waals surface area contributed by atoms with E-state index < -0.39 is 0 Å². The molecule has 0 amide bonds. The van der Waals surface area contributed by atoms with E-state index in [1.165, 1.54) is 0 Å².